The highest BCUT2D eigenvalue weighted by molar-refractivity contribution is 14.1. The highest BCUT2D eigenvalue weighted by Gasteiger charge is 2.12. The van der Waals surface area contributed by atoms with Crippen LogP contribution in [0.5, 0.6) is 0 Å². The van der Waals surface area contributed by atoms with Crippen LogP contribution in [-0.2, 0) is 6.42 Å². The quantitative estimate of drug-likeness (QED) is 0.849. The van der Waals surface area contributed by atoms with Crippen molar-refractivity contribution in [2.24, 2.45) is 0 Å². The molecule has 6 heteroatoms. The van der Waals surface area contributed by atoms with Gasteiger partial charge in [-0.25, -0.2) is 4.68 Å². The smallest absolute Gasteiger partial charge is 0.169 e. The topological polar surface area (TPSA) is 56.7 Å². The normalized spacial score (nSPS) is 10.7. The van der Waals surface area contributed by atoms with Crippen LogP contribution in [0.4, 0.5) is 5.82 Å². The summed E-state index contributed by atoms with van der Waals surface area (Å²) < 4.78 is 2.78. The van der Waals surface area contributed by atoms with Gasteiger partial charge in [-0.15, -0.1) is 5.10 Å². The van der Waals surface area contributed by atoms with Crippen molar-refractivity contribution in [2.75, 3.05) is 5.73 Å². The highest BCUT2D eigenvalue weighted by atomic mass is 127. The summed E-state index contributed by atoms with van der Waals surface area (Å²) in [6, 6.07) is 5.63. The van der Waals surface area contributed by atoms with Gasteiger partial charge >= 0.3 is 0 Å². The molecule has 0 aliphatic rings. The summed E-state index contributed by atoms with van der Waals surface area (Å²) in [5.41, 5.74) is 7.61. The monoisotopic (exact) mass is 348 g/mol. The number of anilines is 1. The molecule has 0 aliphatic carbocycles. The number of nitrogens with two attached hydrogens (primary N) is 1. The third kappa shape index (κ3) is 2.01. The Morgan fingerprint density at radius 3 is 2.88 bits per heavy atom. The molecule has 0 radical (unpaired) electrons. The molecule has 0 bridgehead atoms. The molecular formula is C10H10ClIN4. The third-order valence-corrected chi connectivity index (χ3v) is 3.37. The Morgan fingerprint density at radius 2 is 2.25 bits per heavy atom. The Balaban J connectivity index is 2.58. The van der Waals surface area contributed by atoms with Gasteiger partial charge in [0.05, 0.1) is 11.4 Å². The Hall–Kier alpha value is -0.820. The Labute approximate surface area is 112 Å². The molecule has 16 heavy (non-hydrogen) atoms. The van der Waals surface area contributed by atoms with E-state index in [0.29, 0.717) is 10.8 Å². The van der Waals surface area contributed by atoms with E-state index in [0.717, 1.165) is 21.4 Å². The van der Waals surface area contributed by atoms with Crippen molar-refractivity contribution in [3.8, 4) is 5.69 Å². The Kier molecular flexibility index (Phi) is 3.34. The van der Waals surface area contributed by atoms with Gasteiger partial charge in [0.1, 0.15) is 0 Å². The zero-order chi connectivity index (χ0) is 11.7. The molecule has 4 nitrogen and oxygen atoms in total. The molecule has 1 heterocycles. The molecule has 2 aromatic rings. The SMILES string of the molecule is CCc1c(N)nnn1-c1ccc(Cl)cc1I. The maximum absolute atomic E-state index is 5.91. The van der Waals surface area contributed by atoms with E-state index in [1.54, 1.807) is 4.68 Å². The first-order chi connectivity index (χ1) is 7.63. The predicted molar refractivity (Wildman–Crippen MR) is 72.9 cm³/mol. The third-order valence-electron chi connectivity index (χ3n) is 2.27. The predicted octanol–water partition coefficient (Wildman–Crippen LogP) is 2.67. The van der Waals surface area contributed by atoms with Crippen LogP contribution in [0.1, 0.15) is 12.6 Å². The first-order valence-corrected chi connectivity index (χ1v) is 6.24. The van der Waals surface area contributed by atoms with Crippen molar-refractivity contribution < 1.29 is 0 Å². The molecule has 2 N–H and O–H groups in total. The number of halogens is 2. The first kappa shape index (κ1) is 11.7. The maximum Gasteiger partial charge on any atom is 0.169 e. The van der Waals surface area contributed by atoms with Crippen molar-refractivity contribution in [2.45, 2.75) is 13.3 Å². The van der Waals surface area contributed by atoms with Crippen molar-refractivity contribution >= 4 is 40.0 Å². The number of nitrogens with zero attached hydrogens (tertiary/aromatic N) is 3. The second-order valence-corrected chi connectivity index (χ2v) is 4.88. The van der Waals surface area contributed by atoms with Gasteiger partial charge in [-0.05, 0) is 47.2 Å². The van der Waals surface area contributed by atoms with E-state index in [1.165, 1.54) is 0 Å². The Bertz CT molecular complexity index is 524. The lowest BCUT2D eigenvalue weighted by Crippen LogP contribution is -2.04. The molecule has 1 aromatic carbocycles. The first-order valence-electron chi connectivity index (χ1n) is 4.79. The van der Waals surface area contributed by atoms with Crippen LogP contribution in [0.3, 0.4) is 0 Å². The molecule has 84 valence electrons. The fraction of sp³-hybridized carbons (Fsp3) is 0.200. The van der Waals surface area contributed by atoms with Crippen LogP contribution in [0.15, 0.2) is 18.2 Å². The molecule has 0 atom stereocenters. The second-order valence-electron chi connectivity index (χ2n) is 3.28. The lowest BCUT2D eigenvalue weighted by Gasteiger charge is -2.07. The van der Waals surface area contributed by atoms with Crippen LogP contribution in [0.25, 0.3) is 5.69 Å². The van der Waals surface area contributed by atoms with Crippen LogP contribution in [-0.4, -0.2) is 15.0 Å². The van der Waals surface area contributed by atoms with Gasteiger partial charge in [-0.2, -0.15) is 0 Å². The van der Waals surface area contributed by atoms with E-state index in [-0.39, 0.29) is 0 Å². The summed E-state index contributed by atoms with van der Waals surface area (Å²) in [6.45, 7) is 2.02. The minimum Gasteiger partial charge on any atom is -0.381 e. The molecule has 0 amide bonds. The highest BCUT2D eigenvalue weighted by Crippen LogP contribution is 2.23. The van der Waals surface area contributed by atoms with Gasteiger partial charge in [0.2, 0.25) is 0 Å². The summed E-state index contributed by atoms with van der Waals surface area (Å²) in [5.74, 6) is 0.480. The van der Waals surface area contributed by atoms with Crippen molar-refractivity contribution in [3.05, 3.63) is 32.5 Å². The molecule has 0 aliphatic heterocycles. The Morgan fingerprint density at radius 1 is 1.50 bits per heavy atom. The largest absolute Gasteiger partial charge is 0.381 e. The fourth-order valence-electron chi connectivity index (χ4n) is 1.49. The summed E-state index contributed by atoms with van der Waals surface area (Å²) in [4.78, 5) is 0. The fourth-order valence-corrected chi connectivity index (χ4v) is 2.59. The van der Waals surface area contributed by atoms with Crippen LogP contribution in [0.2, 0.25) is 5.02 Å². The van der Waals surface area contributed by atoms with Gasteiger partial charge in [0.15, 0.2) is 5.82 Å². The van der Waals surface area contributed by atoms with Crippen molar-refractivity contribution in [1.29, 1.82) is 0 Å². The van der Waals surface area contributed by atoms with Gasteiger partial charge < -0.3 is 5.73 Å². The number of nitrogen functional groups attached to an aromatic ring is 1. The van der Waals surface area contributed by atoms with E-state index in [1.807, 2.05) is 25.1 Å². The van der Waals surface area contributed by atoms with Gasteiger partial charge in [0, 0.05) is 8.59 Å². The molecular weight excluding hydrogens is 338 g/mol. The number of benzene rings is 1. The number of hydrogen-bond acceptors (Lipinski definition) is 3. The lowest BCUT2D eigenvalue weighted by atomic mass is 10.3. The zero-order valence-electron chi connectivity index (χ0n) is 8.61. The van der Waals surface area contributed by atoms with Crippen molar-refractivity contribution in [3.63, 3.8) is 0 Å². The minimum absolute atomic E-state index is 0.480. The minimum atomic E-state index is 0.480. The average Bonchev–Trinajstić information content (AvgIpc) is 2.59. The molecule has 0 saturated carbocycles. The van der Waals surface area contributed by atoms with Crippen LogP contribution in [0, 0.1) is 3.57 Å². The van der Waals surface area contributed by atoms with Crippen molar-refractivity contribution in [1.82, 2.24) is 15.0 Å². The molecule has 0 saturated heterocycles. The standard InChI is InChI=1S/C10H10ClIN4/c1-2-8-10(13)14-15-16(8)9-4-3-6(11)5-7(9)12/h3-5H,2,13H2,1H3. The lowest BCUT2D eigenvalue weighted by molar-refractivity contribution is 0.764. The van der Waals surface area contributed by atoms with E-state index in [9.17, 15) is 0 Å². The number of aromatic nitrogens is 3. The summed E-state index contributed by atoms with van der Waals surface area (Å²) in [5, 5.41) is 8.63. The summed E-state index contributed by atoms with van der Waals surface area (Å²) in [6.07, 6.45) is 0.789. The average molecular weight is 349 g/mol. The number of rotatable bonds is 2. The molecule has 0 spiro atoms. The van der Waals surface area contributed by atoms with E-state index >= 15 is 0 Å². The van der Waals surface area contributed by atoms with Gasteiger partial charge in [-0.3, -0.25) is 0 Å². The maximum atomic E-state index is 5.91. The van der Waals surface area contributed by atoms with Gasteiger partial charge in [-0.1, -0.05) is 23.7 Å². The second kappa shape index (κ2) is 4.58. The molecule has 0 fully saturated rings. The van der Waals surface area contributed by atoms with E-state index in [4.69, 9.17) is 17.3 Å². The molecule has 2 rings (SSSR count). The zero-order valence-corrected chi connectivity index (χ0v) is 11.5. The summed E-state index contributed by atoms with van der Waals surface area (Å²) >= 11 is 8.13. The number of hydrogen-bond donors (Lipinski definition) is 1. The van der Waals surface area contributed by atoms with E-state index < -0.39 is 0 Å². The van der Waals surface area contributed by atoms with Crippen LogP contribution >= 0.6 is 34.2 Å². The van der Waals surface area contributed by atoms with E-state index in [2.05, 4.69) is 32.9 Å². The summed E-state index contributed by atoms with van der Waals surface area (Å²) in [7, 11) is 0. The molecule has 0 unspecified atom stereocenters. The molecule has 1 aromatic heterocycles. The van der Waals surface area contributed by atoms with Gasteiger partial charge in [0.25, 0.3) is 0 Å². The van der Waals surface area contributed by atoms with Crippen LogP contribution < -0.4 is 5.73 Å².